The fraction of sp³-hybridized carbons (Fsp3) is 0.625. The number of nitro groups is 2. The van der Waals surface area contributed by atoms with E-state index in [-0.39, 0.29) is 59.6 Å². The van der Waals surface area contributed by atoms with Gasteiger partial charge in [0.25, 0.3) is 0 Å². The van der Waals surface area contributed by atoms with Gasteiger partial charge in [-0.05, 0) is 19.8 Å². The second-order valence-electron chi connectivity index (χ2n) is 8.83. The molecule has 0 atom stereocenters. The van der Waals surface area contributed by atoms with Crippen molar-refractivity contribution in [1.82, 2.24) is 19.1 Å². The number of aromatic nitrogens is 4. The molecule has 0 saturated heterocycles. The lowest BCUT2D eigenvalue weighted by atomic mass is 10.3. The highest BCUT2D eigenvalue weighted by atomic mass is 127. The minimum absolute atomic E-state index is 0. The van der Waals surface area contributed by atoms with Gasteiger partial charge in [0.1, 0.15) is 13.1 Å². The third kappa shape index (κ3) is 7.69. The van der Waals surface area contributed by atoms with Crippen LogP contribution in [0.4, 0.5) is 11.6 Å². The highest BCUT2D eigenvalue weighted by Gasteiger charge is 2.29. The first kappa shape index (κ1) is 28.6. The summed E-state index contributed by atoms with van der Waals surface area (Å²) in [6.07, 6.45) is 2.90. The van der Waals surface area contributed by atoms with E-state index in [2.05, 4.69) is 9.97 Å². The summed E-state index contributed by atoms with van der Waals surface area (Å²) in [6, 6.07) is 0. The maximum absolute atomic E-state index is 11.3. The van der Waals surface area contributed by atoms with Gasteiger partial charge in [-0.25, -0.2) is 0 Å². The van der Waals surface area contributed by atoms with E-state index < -0.39 is 9.85 Å². The molecule has 170 valence electrons. The Morgan fingerprint density at radius 3 is 1.30 bits per heavy atom. The molecule has 12 nitrogen and oxygen atoms in total. The summed E-state index contributed by atoms with van der Waals surface area (Å²) in [4.78, 5) is 29.6. The zero-order valence-corrected chi connectivity index (χ0v) is 22.3. The summed E-state index contributed by atoms with van der Waals surface area (Å²) >= 11 is 0. The lowest BCUT2D eigenvalue weighted by Crippen LogP contribution is -3.00. The molecule has 0 radical (unpaired) electrons. The molecular formula is C16H28I2N8O4. The summed E-state index contributed by atoms with van der Waals surface area (Å²) in [5.74, 6) is -0.313. The van der Waals surface area contributed by atoms with Gasteiger partial charge >= 0.3 is 11.6 Å². The van der Waals surface area contributed by atoms with E-state index in [0.717, 1.165) is 0 Å². The normalized spacial score (nSPS) is 11.5. The zero-order chi connectivity index (χ0) is 21.3. The predicted octanol–water partition coefficient (Wildman–Crippen LogP) is -4.98. The van der Waals surface area contributed by atoms with E-state index in [0.29, 0.717) is 46.5 Å². The Balaban J connectivity index is 0.00000420. The SMILES string of the molecule is C[N+](C)(C)Cc1c([N+](=O)[O-])ncn1CCn1cnc([N+](=O)[O-])c1C[N+](C)(C)C.[I-].[I-]. The second-order valence-corrected chi connectivity index (χ2v) is 8.83. The third-order valence-electron chi connectivity index (χ3n) is 4.02. The summed E-state index contributed by atoms with van der Waals surface area (Å²) in [5.41, 5.74) is 1.06. The molecule has 0 aliphatic carbocycles. The van der Waals surface area contributed by atoms with Crippen LogP contribution >= 0.6 is 0 Å². The number of rotatable bonds is 9. The van der Waals surface area contributed by atoms with Crippen LogP contribution in [-0.2, 0) is 26.2 Å². The van der Waals surface area contributed by atoms with E-state index in [1.54, 1.807) is 9.13 Å². The quantitative estimate of drug-likeness (QED) is 0.116. The van der Waals surface area contributed by atoms with Crippen molar-refractivity contribution < 1.29 is 66.8 Å². The summed E-state index contributed by atoms with van der Waals surface area (Å²) < 4.78 is 4.50. The molecule has 30 heavy (non-hydrogen) atoms. The molecular weight excluding hydrogens is 622 g/mol. The van der Waals surface area contributed by atoms with Crippen LogP contribution < -0.4 is 48.0 Å². The van der Waals surface area contributed by atoms with Gasteiger partial charge < -0.3 is 86.3 Å². The third-order valence-corrected chi connectivity index (χ3v) is 4.02. The maximum Gasteiger partial charge on any atom is 0.390 e. The van der Waals surface area contributed by atoms with Crippen LogP contribution in [-0.4, -0.2) is 80.2 Å². The molecule has 0 fully saturated rings. The van der Waals surface area contributed by atoms with Gasteiger partial charge in [0, 0.05) is 13.1 Å². The monoisotopic (exact) mass is 650 g/mol. The van der Waals surface area contributed by atoms with Crippen molar-refractivity contribution in [3.05, 3.63) is 44.3 Å². The van der Waals surface area contributed by atoms with Crippen LogP contribution in [0, 0.1) is 20.2 Å². The molecule has 0 aliphatic heterocycles. The molecule has 2 aromatic rings. The van der Waals surface area contributed by atoms with E-state index in [9.17, 15) is 20.2 Å². The first-order valence-electron chi connectivity index (χ1n) is 8.76. The second kappa shape index (κ2) is 10.8. The average Bonchev–Trinajstić information content (AvgIpc) is 3.06. The number of quaternary nitrogens is 2. The van der Waals surface area contributed by atoms with Crippen LogP contribution in [0.3, 0.4) is 0 Å². The number of nitrogens with zero attached hydrogens (tertiary/aromatic N) is 8. The molecule has 0 aliphatic rings. The Hall–Kier alpha value is -1.40. The van der Waals surface area contributed by atoms with E-state index in [1.807, 2.05) is 42.3 Å². The molecule has 0 unspecified atom stereocenters. The molecule has 14 heteroatoms. The van der Waals surface area contributed by atoms with Gasteiger partial charge in [-0.3, -0.25) is 0 Å². The predicted molar refractivity (Wildman–Crippen MR) is 101 cm³/mol. The van der Waals surface area contributed by atoms with Crippen molar-refractivity contribution in [3.63, 3.8) is 0 Å². The van der Waals surface area contributed by atoms with Gasteiger partial charge in [0.2, 0.25) is 12.7 Å². The first-order chi connectivity index (χ1) is 12.8. The van der Waals surface area contributed by atoms with Gasteiger partial charge in [-0.15, -0.1) is 0 Å². The smallest absolute Gasteiger partial charge is 0.390 e. The fourth-order valence-electron chi connectivity index (χ4n) is 2.92. The molecule has 2 heterocycles. The Kier molecular flexibility index (Phi) is 10.3. The first-order valence-corrected chi connectivity index (χ1v) is 8.76. The van der Waals surface area contributed by atoms with Crippen molar-refractivity contribution in [2.45, 2.75) is 26.2 Å². The molecule has 0 saturated carbocycles. The molecule has 0 N–H and O–H groups in total. The topological polar surface area (TPSA) is 122 Å². The Morgan fingerprint density at radius 2 is 1.07 bits per heavy atom. The Morgan fingerprint density at radius 1 is 0.767 bits per heavy atom. The van der Waals surface area contributed by atoms with Gasteiger partial charge in [-0.1, -0.05) is 0 Å². The van der Waals surface area contributed by atoms with Crippen molar-refractivity contribution >= 4 is 11.6 Å². The van der Waals surface area contributed by atoms with Gasteiger partial charge in [0.15, 0.2) is 11.4 Å². The number of hydrogen-bond acceptors (Lipinski definition) is 6. The molecule has 0 amide bonds. The Bertz CT molecular complexity index is 811. The van der Waals surface area contributed by atoms with Crippen LogP contribution in [0.15, 0.2) is 12.7 Å². The minimum atomic E-state index is -0.480. The van der Waals surface area contributed by atoms with Gasteiger partial charge in [0.05, 0.1) is 42.3 Å². The average molecular weight is 650 g/mol. The number of aryl methyl sites for hydroxylation is 2. The van der Waals surface area contributed by atoms with E-state index in [1.165, 1.54) is 12.7 Å². The molecule has 2 rings (SSSR count). The summed E-state index contributed by atoms with van der Waals surface area (Å²) in [5, 5.41) is 22.6. The standard InChI is InChI=1S/C16H28N8O4.2HI/c1-23(2,3)9-13-15(21(25)26)17-11-19(13)7-8-20-12-18-16(22(27)28)14(20)10-24(4,5)6;;/h11-12H,7-10H2,1-6H3;2*1H/q+2;;/p-2. The van der Waals surface area contributed by atoms with Crippen LogP contribution in [0.25, 0.3) is 0 Å². The maximum atomic E-state index is 11.3. The van der Waals surface area contributed by atoms with Crippen LogP contribution in [0.1, 0.15) is 11.4 Å². The van der Waals surface area contributed by atoms with Crippen LogP contribution in [0.5, 0.6) is 0 Å². The molecule has 0 aromatic carbocycles. The fourth-order valence-corrected chi connectivity index (χ4v) is 2.92. The molecule has 2 aromatic heterocycles. The van der Waals surface area contributed by atoms with Crippen molar-refractivity contribution in [1.29, 1.82) is 0 Å². The van der Waals surface area contributed by atoms with Crippen LogP contribution in [0.2, 0.25) is 0 Å². The number of halogens is 2. The lowest BCUT2D eigenvalue weighted by Gasteiger charge is -2.24. The summed E-state index contributed by atoms with van der Waals surface area (Å²) in [6.45, 7) is 1.67. The number of imidazole rings is 2. The Labute approximate surface area is 209 Å². The van der Waals surface area contributed by atoms with Gasteiger partial charge in [-0.2, -0.15) is 0 Å². The highest BCUT2D eigenvalue weighted by Crippen LogP contribution is 2.22. The summed E-state index contributed by atoms with van der Waals surface area (Å²) in [7, 11) is 11.7. The molecule has 0 spiro atoms. The zero-order valence-electron chi connectivity index (χ0n) is 17.9. The minimum Gasteiger partial charge on any atom is -1.00 e. The van der Waals surface area contributed by atoms with Crippen molar-refractivity contribution in [2.75, 3.05) is 42.3 Å². The highest BCUT2D eigenvalue weighted by molar-refractivity contribution is 5.27. The van der Waals surface area contributed by atoms with E-state index in [4.69, 9.17) is 0 Å². The lowest BCUT2D eigenvalue weighted by molar-refractivity contribution is -0.884. The van der Waals surface area contributed by atoms with Crippen molar-refractivity contribution in [2.24, 2.45) is 0 Å². The molecule has 0 bridgehead atoms. The van der Waals surface area contributed by atoms with E-state index >= 15 is 0 Å². The number of hydrogen-bond donors (Lipinski definition) is 0. The van der Waals surface area contributed by atoms with Crippen molar-refractivity contribution in [3.8, 4) is 0 Å². The largest absolute Gasteiger partial charge is 1.00 e.